The largest absolute Gasteiger partial charge is 0.250 e. The van der Waals surface area contributed by atoms with Gasteiger partial charge in [-0.15, -0.1) is 10.2 Å². The van der Waals surface area contributed by atoms with E-state index in [2.05, 4.69) is 79.3 Å². The highest BCUT2D eigenvalue weighted by Crippen LogP contribution is 2.39. The van der Waals surface area contributed by atoms with Gasteiger partial charge in [0.1, 0.15) is 0 Å². The van der Waals surface area contributed by atoms with E-state index < -0.39 is 10.2 Å². The second-order valence-corrected chi connectivity index (χ2v) is 7.69. The van der Waals surface area contributed by atoms with Crippen LogP contribution in [-0.4, -0.2) is 0 Å². The maximum atomic E-state index is 8.49. The van der Waals surface area contributed by atoms with Gasteiger partial charge in [-0.3, -0.25) is 0 Å². The number of aromatic nitrogens is 1. The molecular weight excluding hydrogens is 374 g/mol. The van der Waals surface area contributed by atoms with E-state index in [0.717, 1.165) is 0 Å². The molecule has 5 nitrogen and oxygen atoms in total. The molecule has 0 bridgehead atoms. The topological polar surface area (TPSA) is 96.1 Å². The van der Waals surface area contributed by atoms with Gasteiger partial charge >= 0.3 is 0 Å². The van der Waals surface area contributed by atoms with Crippen LogP contribution in [0.5, 0.6) is 0 Å². The number of fused-ring (bicyclic) bond motifs is 4. The first-order chi connectivity index (χ1) is 12.2. The van der Waals surface area contributed by atoms with Gasteiger partial charge in [-0.05, 0) is 48.0 Å². The molecule has 0 atom stereocenters. The minimum Gasteiger partial charge on any atom is -0.222 e. The van der Waals surface area contributed by atoms with Crippen LogP contribution in [-0.2, 0) is 0 Å². The number of halogens is 1. The Morgan fingerprint density at radius 1 is 0.885 bits per heavy atom. The Balaban J connectivity index is 0.000000349. The number of hydrogen-bond acceptors (Lipinski definition) is 5. The van der Waals surface area contributed by atoms with E-state index in [1.165, 1.54) is 37.4 Å². The third kappa shape index (κ3) is 4.42. The highest BCUT2D eigenvalue weighted by molar-refractivity contribution is 7.99. The number of rotatable bonds is 0. The zero-order valence-corrected chi connectivity index (χ0v) is 15.7. The quantitative estimate of drug-likeness (QED) is 0.510. The van der Waals surface area contributed by atoms with Crippen LogP contribution in [0, 0.1) is 17.2 Å². The van der Waals surface area contributed by atoms with Gasteiger partial charge in [0.25, 0.3) is 0 Å². The number of pyridine rings is 1. The highest BCUT2D eigenvalue weighted by atomic mass is 35.7. The van der Waals surface area contributed by atoms with Crippen LogP contribution in [0.1, 0.15) is 18.1 Å². The molecule has 0 aliphatic carbocycles. The molecule has 4 rings (SSSR count). The third-order valence-electron chi connectivity index (χ3n) is 3.93. The summed E-state index contributed by atoms with van der Waals surface area (Å²) in [5.74, 6) is 0. The molecule has 2 heterocycles. The summed E-state index contributed by atoms with van der Waals surface area (Å²) in [6, 6.07) is 17.5. The normalized spacial score (nSPS) is 13.1. The van der Waals surface area contributed by atoms with Gasteiger partial charge in [0, 0.05) is 22.1 Å². The minimum absolute atomic E-state index is 1.26. The fourth-order valence-corrected chi connectivity index (χ4v) is 4.04. The lowest BCUT2D eigenvalue weighted by Crippen LogP contribution is -2.68. The van der Waals surface area contributed by atoms with Crippen LogP contribution in [0.3, 0.4) is 0 Å². The van der Waals surface area contributed by atoms with Crippen molar-refractivity contribution in [1.29, 1.82) is 0 Å². The lowest BCUT2D eigenvalue weighted by Gasteiger charge is -2.17. The van der Waals surface area contributed by atoms with E-state index in [0.29, 0.717) is 0 Å². The van der Waals surface area contributed by atoms with Crippen molar-refractivity contribution in [3.05, 3.63) is 65.9 Å². The summed E-state index contributed by atoms with van der Waals surface area (Å²) in [5, 5.41) is 3.90. The predicted molar refractivity (Wildman–Crippen MR) is 89.3 cm³/mol. The Hall–Kier alpha value is -1.93. The highest BCUT2D eigenvalue weighted by Gasteiger charge is 2.21. The number of allylic oxidation sites excluding steroid dienone is 1. The van der Waals surface area contributed by atoms with Crippen molar-refractivity contribution in [2.45, 2.75) is 23.8 Å². The first-order valence-corrected chi connectivity index (χ1v) is 9.79. The van der Waals surface area contributed by atoms with Crippen molar-refractivity contribution < 1.29 is 33.4 Å². The standard InChI is InChI=1S/C19H16NS.ClHO4/c1-13-7-10-18-20(11-13)12-14(2)16-9-8-15-5-3-4-6-17(15)19(16)21-18;2-1(3,4)5/h3-12H,1-2H3;(H,2,3,4,5)/q+1;/p-1. The van der Waals surface area contributed by atoms with Crippen molar-refractivity contribution in [2.75, 3.05) is 0 Å². The minimum atomic E-state index is -4.94. The van der Waals surface area contributed by atoms with Crippen LogP contribution < -0.4 is 23.2 Å². The molecule has 26 heavy (non-hydrogen) atoms. The maximum Gasteiger partial charge on any atom is 0.250 e. The van der Waals surface area contributed by atoms with E-state index in [1.807, 2.05) is 11.8 Å². The zero-order chi connectivity index (χ0) is 18.9. The number of nitrogens with zero attached hydrogens (tertiary/aromatic N) is 1. The monoisotopic (exact) mass is 389 g/mol. The van der Waals surface area contributed by atoms with Crippen LogP contribution in [0.4, 0.5) is 0 Å². The molecule has 0 radical (unpaired) electrons. The molecule has 134 valence electrons. The molecule has 0 amide bonds. The second kappa shape index (κ2) is 7.36. The molecular formula is C19H16ClNO4S. The first kappa shape index (κ1) is 18.8. The van der Waals surface area contributed by atoms with Gasteiger partial charge in [0.15, 0.2) is 12.4 Å². The van der Waals surface area contributed by atoms with Crippen LogP contribution in [0.25, 0.3) is 22.5 Å². The van der Waals surface area contributed by atoms with Crippen LogP contribution in [0.15, 0.2) is 64.6 Å². The lowest BCUT2D eigenvalue weighted by atomic mass is 10.0. The third-order valence-corrected chi connectivity index (χ3v) is 5.13. The lowest BCUT2D eigenvalue weighted by molar-refractivity contribution is -2.00. The SMILES string of the molecule is CC1=C[n+]2cc(C)ccc2Sc2c1ccc1ccccc21.[O-][Cl+3]([O-])([O-])[O-]. The van der Waals surface area contributed by atoms with Gasteiger partial charge in [0.2, 0.25) is 5.03 Å². The molecule has 1 aromatic heterocycles. The van der Waals surface area contributed by atoms with Gasteiger partial charge < -0.3 is 0 Å². The fraction of sp³-hybridized carbons (Fsp3) is 0.105. The molecule has 1 aliphatic rings. The van der Waals surface area contributed by atoms with E-state index in [9.17, 15) is 0 Å². The molecule has 2 aromatic carbocycles. The van der Waals surface area contributed by atoms with E-state index >= 15 is 0 Å². The van der Waals surface area contributed by atoms with E-state index in [1.54, 1.807) is 0 Å². The smallest absolute Gasteiger partial charge is 0.222 e. The summed E-state index contributed by atoms with van der Waals surface area (Å²) in [4.78, 5) is 1.36. The second-order valence-electron chi connectivity index (χ2n) is 5.91. The Kier molecular flexibility index (Phi) is 5.34. The van der Waals surface area contributed by atoms with E-state index in [4.69, 9.17) is 18.6 Å². The molecule has 0 saturated heterocycles. The van der Waals surface area contributed by atoms with Crippen LogP contribution >= 0.6 is 11.8 Å². The predicted octanol–water partition coefficient (Wildman–Crippen LogP) is 0.162. The van der Waals surface area contributed by atoms with Gasteiger partial charge in [-0.2, -0.15) is 4.57 Å². The molecule has 0 N–H and O–H groups in total. The summed E-state index contributed by atoms with van der Waals surface area (Å²) in [7, 11) is -4.94. The van der Waals surface area contributed by atoms with Crippen molar-refractivity contribution in [3.8, 4) is 0 Å². The molecule has 1 aliphatic heterocycles. The average Bonchev–Trinajstić information content (AvgIpc) is 2.69. The Labute approximate surface area is 157 Å². The summed E-state index contributed by atoms with van der Waals surface area (Å²) in [6.07, 6.45) is 4.43. The van der Waals surface area contributed by atoms with Crippen molar-refractivity contribution in [1.82, 2.24) is 0 Å². The number of aryl methyl sites for hydroxylation is 1. The van der Waals surface area contributed by atoms with E-state index in [-0.39, 0.29) is 0 Å². The van der Waals surface area contributed by atoms with Gasteiger partial charge in [-0.25, -0.2) is 18.6 Å². The van der Waals surface area contributed by atoms with Crippen molar-refractivity contribution >= 4 is 34.3 Å². The Bertz CT molecular complexity index is 992. The molecule has 0 saturated carbocycles. The van der Waals surface area contributed by atoms with Crippen molar-refractivity contribution in [3.63, 3.8) is 0 Å². The molecule has 0 unspecified atom stereocenters. The maximum absolute atomic E-state index is 8.49. The number of hydrogen-bond donors (Lipinski definition) is 0. The molecule has 7 heteroatoms. The fourth-order valence-electron chi connectivity index (χ4n) is 2.85. The molecule has 0 spiro atoms. The molecule has 3 aromatic rings. The average molecular weight is 390 g/mol. The van der Waals surface area contributed by atoms with Gasteiger partial charge in [-0.1, -0.05) is 36.4 Å². The van der Waals surface area contributed by atoms with Crippen molar-refractivity contribution in [2.24, 2.45) is 0 Å². The first-order valence-electron chi connectivity index (χ1n) is 7.74. The van der Waals surface area contributed by atoms with Gasteiger partial charge in [0.05, 0.1) is 0 Å². The summed E-state index contributed by atoms with van der Waals surface area (Å²) < 4.78 is 36.2. The Morgan fingerprint density at radius 2 is 1.58 bits per heavy atom. The summed E-state index contributed by atoms with van der Waals surface area (Å²) in [6.45, 7) is 4.33. The summed E-state index contributed by atoms with van der Waals surface area (Å²) in [5.41, 5.74) is 3.91. The Morgan fingerprint density at radius 3 is 2.31 bits per heavy atom. The van der Waals surface area contributed by atoms with Crippen LogP contribution in [0.2, 0.25) is 0 Å². The summed E-state index contributed by atoms with van der Waals surface area (Å²) >= 11 is 1.86. The molecule has 0 fully saturated rings. The number of benzene rings is 2. The zero-order valence-electron chi connectivity index (χ0n) is 14.1.